The maximum atomic E-state index is 4.85. The van der Waals surface area contributed by atoms with Crippen LogP contribution in [0.5, 0.6) is 0 Å². The summed E-state index contributed by atoms with van der Waals surface area (Å²) >= 11 is 0. The van der Waals surface area contributed by atoms with Crippen LogP contribution in [0, 0.1) is 18.9 Å². The van der Waals surface area contributed by atoms with Crippen LogP contribution in [0.1, 0.15) is 23.4 Å². The Labute approximate surface area is 109 Å². The maximum Gasteiger partial charge on any atom is 0.0547 e. The van der Waals surface area contributed by atoms with Crippen LogP contribution in [-0.2, 0) is 19.5 Å². The summed E-state index contributed by atoms with van der Waals surface area (Å²) in [6.45, 7) is 5.65. The predicted octanol–water partition coefficient (Wildman–Crippen LogP) is 1.68. The number of aromatic nitrogens is 1. The quantitative estimate of drug-likeness (QED) is 0.736. The Bertz CT molecular complexity index is 461. The third-order valence-corrected chi connectivity index (χ3v) is 4.62. The number of likely N-dealkylation sites (tertiary alicyclic amines) is 1. The lowest BCUT2D eigenvalue weighted by molar-refractivity contribution is 0.292. The molecule has 96 valence electrons. The van der Waals surface area contributed by atoms with Gasteiger partial charge < -0.3 is 4.90 Å². The Morgan fingerprint density at radius 2 is 2.11 bits per heavy atom. The smallest absolute Gasteiger partial charge is 0.0547 e. The Morgan fingerprint density at radius 3 is 2.94 bits per heavy atom. The van der Waals surface area contributed by atoms with Crippen molar-refractivity contribution in [1.82, 2.24) is 14.8 Å². The monoisotopic (exact) mass is 242 g/mol. The summed E-state index contributed by atoms with van der Waals surface area (Å²) in [6.07, 6.45) is 2.53. The second-order valence-electron chi connectivity index (χ2n) is 6.16. The summed E-state index contributed by atoms with van der Waals surface area (Å²) in [5.41, 5.74) is 3.92. The van der Waals surface area contributed by atoms with E-state index in [1.54, 1.807) is 0 Å². The van der Waals surface area contributed by atoms with Gasteiger partial charge in [0.2, 0.25) is 0 Å². The number of rotatable bonds is 2. The summed E-state index contributed by atoms with van der Waals surface area (Å²) in [4.78, 5) is 9.55. The molecule has 1 aromatic rings. The lowest BCUT2D eigenvalue weighted by Crippen LogP contribution is -2.27. The summed E-state index contributed by atoms with van der Waals surface area (Å²) in [6, 6.07) is 4.47. The zero-order valence-electron chi connectivity index (χ0n) is 10.8. The zero-order valence-corrected chi connectivity index (χ0v) is 10.8. The molecule has 1 aromatic heterocycles. The van der Waals surface area contributed by atoms with E-state index in [1.807, 2.05) is 0 Å². The summed E-state index contributed by atoms with van der Waals surface area (Å²) in [5.74, 6) is 2.03. The number of hydrogen-bond donors (Lipinski definition) is 0. The first kappa shape index (κ1) is 10.9. The molecule has 2 fully saturated rings. The van der Waals surface area contributed by atoms with Crippen molar-refractivity contribution in [2.75, 3.05) is 19.6 Å². The number of pyridine rings is 1. The van der Waals surface area contributed by atoms with Gasteiger partial charge >= 0.3 is 0 Å². The first-order valence-corrected chi connectivity index (χ1v) is 7.03. The molecule has 0 bridgehead atoms. The van der Waals surface area contributed by atoms with Crippen LogP contribution in [0.4, 0.5) is 0 Å². The Hall–Kier alpha value is -0.930. The Kier molecular flexibility index (Phi) is 2.45. The fourth-order valence-electron chi connectivity index (χ4n) is 3.46. The number of nitrogens with zero attached hydrogens (tertiary/aromatic N) is 3. The molecule has 3 heteroatoms. The molecule has 0 N–H and O–H groups in total. The van der Waals surface area contributed by atoms with Gasteiger partial charge in [-0.3, -0.25) is 16.9 Å². The molecule has 3 aliphatic rings. The molecule has 3 nitrogen and oxygen atoms in total. The molecule has 18 heavy (non-hydrogen) atoms. The van der Waals surface area contributed by atoms with Crippen LogP contribution in [0.2, 0.25) is 0 Å². The topological polar surface area (TPSA) is 19.4 Å². The van der Waals surface area contributed by atoms with Crippen molar-refractivity contribution in [2.24, 2.45) is 11.8 Å². The van der Waals surface area contributed by atoms with Crippen LogP contribution in [0.15, 0.2) is 12.1 Å². The Balaban J connectivity index is 1.48. The van der Waals surface area contributed by atoms with Gasteiger partial charge in [-0.1, -0.05) is 6.07 Å². The molecule has 0 amide bonds. The van der Waals surface area contributed by atoms with E-state index in [9.17, 15) is 0 Å². The fraction of sp³-hybridized carbons (Fsp3) is 0.600. The standard InChI is InChI=1S/C15H20N3/c1-17-5-4-15-11(7-17)2-3-14(16-15)10-18-8-12-6-13(12)9-18/h2-3,12-13H,1,4-10H2/q-1. The molecule has 0 spiro atoms. The molecule has 3 heterocycles. The highest BCUT2D eigenvalue weighted by atomic mass is 15.2. The largest absolute Gasteiger partial charge is 0.455 e. The van der Waals surface area contributed by atoms with Gasteiger partial charge in [0.05, 0.1) is 5.69 Å². The summed E-state index contributed by atoms with van der Waals surface area (Å²) in [5, 5.41) is 0. The van der Waals surface area contributed by atoms with E-state index < -0.39 is 0 Å². The molecule has 1 saturated carbocycles. The van der Waals surface area contributed by atoms with Crippen LogP contribution in [0.3, 0.4) is 0 Å². The normalized spacial score (nSPS) is 31.2. The molecular formula is C15H20N3-. The summed E-state index contributed by atoms with van der Waals surface area (Å²) < 4.78 is 0. The van der Waals surface area contributed by atoms with E-state index in [0.717, 1.165) is 37.9 Å². The fourth-order valence-corrected chi connectivity index (χ4v) is 3.46. The number of hydrogen-bond acceptors (Lipinski definition) is 3. The minimum Gasteiger partial charge on any atom is -0.455 e. The van der Waals surface area contributed by atoms with Crippen molar-refractivity contribution >= 4 is 0 Å². The molecular weight excluding hydrogens is 222 g/mol. The molecule has 0 radical (unpaired) electrons. The third-order valence-electron chi connectivity index (χ3n) is 4.62. The van der Waals surface area contributed by atoms with Gasteiger partial charge in [0.1, 0.15) is 0 Å². The molecule has 2 aliphatic heterocycles. The van der Waals surface area contributed by atoms with E-state index in [1.165, 1.54) is 36.5 Å². The van der Waals surface area contributed by atoms with Crippen LogP contribution >= 0.6 is 0 Å². The highest BCUT2D eigenvalue weighted by Crippen LogP contribution is 2.45. The van der Waals surface area contributed by atoms with Gasteiger partial charge in [0, 0.05) is 31.7 Å². The van der Waals surface area contributed by atoms with E-state index in [-0.39, 0.29) is 0 Å². The SMILES string of the molecule is [CH2-]N1CCc2nc(CN3CC4CC4C3)ccc2C1. The first-order valence-electron chi connectivity index (χ1n) is 7.03. The van der Waals surface area contributed by atoms with Crippen LogP contribution < -0.4 is 0 Å². The molecule has 2 unspecified atom stereocenters. The average Bonchev–Trinajstić information content (AvgIpc) is 2.97. The minimum absolute atomic E-state index is 0.955. The van der Waals surface area contributed by atoms with Gasteiger partial charge in [-0.05, 0) is 43.0 Å². The molecule has 4 rings (SSSR count). The molecule has 0 aromatic carbocycles. The minimum atomic E-state index is 0.955. The predicted molar refractivity (Wildman–Crippen MR) is 70.6 cm³/mol. The zero-order chi connectivity index (χ0) is 12.1. The Morgan fingerprint density at radius 1 is 1.28 bits per heavy atom. The molecule has 1 saturated heterocycles. The lowest BCUT2D eigenvalue weighted by Gasteiger charge is -2.31. The van der Waals surface area contributed by atoms with Crippen molar-refractivity contribution < 1.29 is 0 Å². The van der Waals surface area contributed by atoms with Crippen LogP contribution in [-0.4, -0.2) is 34.4 Å². The van der Waals surface area contributed by atoms with Crippen molar-refractivity contribution in [1.29, 1.82) is 0 Å². The molecule has 2 atom stereocenters. The van der Waals surface area contributed by atoms with Gasteiger partial charge in [-0.25, -0.2) is 0 Å². The highest BCUT2D eigenvalue weighted by Gasteiger charge is 2.44. The van der Waals surface area contributed by atoms with E-state index in [2.05, 4.69) is 29.0 Å². The van der Waals surface area contributed by atoms with Gasteiger partial charge in [-0.2, -0.15) is 0 Å². The third kappa shape index (κ3) is 1.95. The maximum absolute atomic E-state index is 4.85. The first-order chi connectivity index (χ1) is 8.78. The van der Waals surface area contributed by atoms with Crippen molar-refractivity contribution in [2.45, 2.75) is 25.9 Å². The van der Waals surface area contributed by atoms with Crippen molar-refractivity contribution in [3.8, 4) is 0 Å². The number of piperidine rings is 1. The number of fused-ring (bicyclic) bond motifs is 2. The highest BCUT2D eigenvalue weighted by molar-refractivity contribution is 5.25. The van der Waals surface area contributed by atoms with Crippen LogP contribution in [0.25, 0.3) is 0 Å². The van der Waals surface area contributed by atoms with E-state index in [0.29, 0.717) is 0 Å². The second-order valence-corrected chi connectivity index (χ2v) is 6.16. The molecule has 1 aliphatic carbocycles. The second kappa shape index (κ2) is 4.04. The van der Waals surface area contributed by atoms with Gasteiger partial charge in [-0.15, -0.1) is 0 Å². The van der Waals surface area contributed by atoms with Gasteiger partial charge in [0.25, 0.3) is 0 Å². The average molecular weight is 242 g/mol. The van der Waals surface area contributed by atoms with Gasteiger partial charge in [0.15, 0.2) is 0 Å². The van der Waals surface area contributed by atoms with Crippen molar-refractivity contribution in [3.63, 3.8) is 0 Å². The van der Waals surface area contributed by atoms with E-state index in [4.69, 9.17) is 4.98 Å². The lowest BCUT2D eigenvalue weighted by atomic mass is 10.1. The summed E-state index contributed by atoms with van der Waals surface area (Å²) in [7, 11) is 4.01. The van der Waals surface area contributed by atoms with E-state index >= 15 is 0 Å². The van der Waals surface area contributed by atoms with Crippen molar-refractivity contribution in [3.05, 3.63) is 36.1 Å².